The molecular formula is C19H18O11. The largest absolute Gasteiger partial charge is 0.508 e. The molecule has 0 aliphatic carbocycles. The van der Waals surface area contributed by atoms with E-state index in [1.807, 2.05) is 0 Å². The highest BCUT2D eigenvalue weighted by Crippen LogP contribution is 2.38. The summed E-state index contributed by atoms with van der Waals surface area (Å²) in [5.41, 5.74) is -0.997. The molecule has 0 unspecified atom stereocenters. The Bertz CT molecular complexity index is 1170. The molecule has 0 bridgehead atoms. The first kappa shape index (κ1) is 20.2. The van der Waals surface area contributed by atoms with Gasteiger partial charge >= 0.3 is 0 Å². The second kappa shape index (κ2) is 7.31. The minimum atomic E-state index is -1.78. The van der Waals surface area contributed by atoms with Gasteiger partial charge in [0, 0.05) is 12.1 Å². The van der Waals surface area contributed by atoms with E-state index in [1.54, 1.807) is 0 Å². The van der Waals surface area contributed by atoms with E-state index in [9.17, 15) is 40.5 Å². The van der Waals surface area contributed by atoms with Crippen LogP contribution in [0.5, 0.6) is 23.0 Å². The molecule has 0 saturated carbocycles. The Morgan fingerprint density at radius 1 is 0.900 bits per heavy atom. The molecule has 5 atom stereocenters. The monoisotopic (exact) mass is 422 g/mol. The van der Waals surface area contributed by atoms with E-state index in [-0.39, 0.29) is 27.7 Å². The third-order valence-electron chi connectivity index (χ3n) is 4.92. The molecule has 7 N–H and O–H groups in total. The fraction of sp³-hybridized carbons (Fsp3) is 0.316. The molecule has 0 radical (unpaired) electrons. The Labute approximate surface area is 167 Å². The fourth-order valence-electron chi connectivity index (χ4n) is 3.39. The second-order valence-electron chi connectivity index (χ2n) is 6.87. The second-order valence-corrected chi connectivity index (χ2v) is 6.87. The number of aliphatic hydroxyl groups excluding tert-OH is 4. The van der Waals surface area contributed by atoms with E-state index in [2.05, 4.69) is 0 Å². The molecule has 11 nitrogen and oxygen atoms in total. The fourth-order valence-corrected chi connectivity index (χ4v) is 3.39. The van der Waals surface area contributed by atoms with Crippen LogP contribution in [0.2, 0.25) is 0 Å². The topological polar surface area (TPSA) is 190 Å². The first-order valence-electron chi connectivity index (χ1n) is 8.84. The van der Waals surface area contributed by atoms with Crippen LogP contribution in [0.25, 0.3) is 21.9 Å². The average molecular weight is 422 g/mol. The van der Waals surface area contributed by atoms with E-state index in [0.29, 0.717) is 0 Å². The van der Waals surface area contributed by atoms with Crippen LogP contribution < -0.4 is 10.2 Å². The molecule has 2 aromatic carbocycles. The maximum atomic E-state index is 13.0. The summed E-state index contributed by atoms with van der Waals surface area (Å²) in [6.45, 7) is -0.698. The predicted octanol–water partition coefficient (Wildman–Crippen LogP) is -0.758. The molecule has 30 heavy (non-hydrogen) atoms. The molecule has 0 amide bonds. The summed E-state index contributed by atoms with van der Waals surface area (Å²) >= 11 is 0. The minimum Gasteiger partial charge on any atom is -0.508 e. The van der Waals surface area contributed by atoms with Crippen LogP contribution in [0, 0.1) is 0 Å². The van der Waals surface area contributed by atoms with Crippen molar-refractivity contribution in [2.24, 2.45) is 0 Å². The SMILES string of the molecule is O=c1c2c(O)cc(O)cc2oc2ccc(O)c(O[C@@H]3O[C@H](CO)[C@@H](O)[C@@H](O)[C@H]3O)c12. The van der Waals surface area contributed by atoms with Crippen LogP contribution in [-0.2, 0) is 4.74 Å². The summed E-state index contributed by atoms with van der Waals surface area (Å²) in [5.74, 6) is -1.91. The summed E-state index contributed by atoms with van der Waals surface area (Å²) in [6, 6.07) is 4.46. The molecule has 3 aromatic rings. The summed E-state index contributed by atoms with van der Waals surface area (Å²) < 4.78 is 16.2. The standard InChI is InChI=1S/C19H18O11/c20-5-11-14(24)16(26)17(27)19(29-11)30-18-7(22)1-2-9-13(18)15(25)12-8(23)3-6(21)4-10(12)28-9/h1-4,11,14,16-17,19-24,26-27H,5H2/t11-,14-,16-,17-,19+/m1/s1. The average Bonchev–Trinajstić information content (AvgIpc) is 2.69. The van der Waals surface area contributed by atoms with Crippen LogP contribution in [0.1, 0.15) is 0 Å². The number of fused-ring (bicyclic) bond motifs is 2. The highest BCUT2D eigenvalue weighted by atomic mass is 16.7. The normalized spacial score (nSPS) is 26.9. The zero-order valence-electron chi connectivity index (χ0n) is 15.2. The van der Waals surface area contributed by atoms with Crippen molar-refractivity contribution in [1.82, 2.24) is 0 Å². The van der Waals surface area contributed by atoms with Gasteiger partial charge in [-0.25, -0.2) is 0 Å². The number of hydrogen-bond donors (Lipinski definition) is 7. The Hall–Kier alpha value is -3.09. The van der Waals surface area contributed by atoms with Crippen molar-refractivity contribution >= 4 is 21.9 Å². The molecule has 0 spiro atoms. The summed E-state index contributed by atoms with van der Waals surface area (Å²) in [6.07, 6.45) is -8.07. The highest BCUT2D eigenvalue weighted by molar-refractivity contribution is 5.97. The number of aliphatic hydroxyl groups is 4. The van der Waals surface area contributed by atoms with Gasteiger partial charge in [-0.15, -0.1) is 0 Å². The number of phenols is 3. The van der Waals surface area contributed by atoms with Crippen LogP contribution in [0.15, 0.2) is 33.5 Å². The van der Waals surface area contributed by atoms with Gasteiger partial charge in [-0.1, -0.05) is 0 Å². The lowest BCUT2D eigenvalue weighted by Crippen LogP contribution is -2.60. The third-order valence-corrected chi connectivity index (χ3v) is 4.92. The molecule has 1 aromatic heterocycles. The Morgan fingerprint density at radius 3 is 2.33 bits per heavy atom. The Balaban J connectivity index is 1.88. The van der Waals surface area contributed by atoms with Gasteiger partial charge in [0.05, 0.1) is 6.61 Å². The van der Waals surface area contributed by atoms with Gasteiger partial charge in [-0.05, 0) is 12.1 Å². The lowest BCUT2D eigenvalue weighted by Gasteiger charge is -2.39. The van der Waals surface area contributed by atoms with Crippen LogP contribution >= 0.6 is 0 Å². The minimum absolute atomic E-state index is 0.0742. The van der Waals surface area contributed by atoms with Gasteiger partial charge in [0.1, 0.15) is 57.9 Å². The van der Waals surface area contributed by atoms with Gasteiger partial charge in [0.15, 0.2) is 11.5 Å². The molecule has 2 heterocycles. The molecule has 1 saturated heterocycles. The highest BCUT2D eigenvalue weighted by Gasteiger charge is 2.45. The van der Waals surface area contributed by atoms with Crippen molar-refractivity contribution < 1.29 is 49.6 Å². The van der Waals surface area contributed by atoms with Gasteiger partial charge in [-0.2, -0.15) is 0 Å². The van der Waals surface area contributed by atoms with E-state index < -0.39 is 60.0 Å². The predicted molar refractivity (Wildman–Crippen MR) is 99.4 cm³/mol. The molecule has 1 aliphatic heterocycles. The van der Waals surface area contributed by atoms with E-state index in [1.165, 1.54) is 6.07 Å². The van der Waals surface area contributed by atoms with Crippen LogP contribution in [0.4, 0.5) is 0 Å². The maximum Gasteiger partial charge on any atom is 0.229 e. The molecular weight excluding hydrogens is 404 g/mol. The Kier molecular flexibility index (Phi) is 4.92. The smallest absolute Gasteiger partial charge is 0.229 e. The van der Waals surface area contributed by atoms with Crippen molar-refractivity contribution in [3.8, 4) is 23.0 Å². The number of rotatable bonds is 3. The van der Waals surface area contributed by atoms with Crippen molar-refractivity contribution in [3.63, 3.8) is 0 Å². The quantitative estimate of drug-likeness (QED) is 0.263. The van der Waals surface area contributed by atoms with Crippen molar-refractivity contribution in [2.45, 2.75) is 30.7 Å². The Morgan fingerprint density at radius 2 is 1.63 bits per heavy atom. The zero-order valence-corrected chi connectivity index (χ0v) is 15.2. The van der Waals surface area contributed by atoms with Crippen LogP contribution in [-0.4, -0.2) is 73.1 Å². The van der Waals surface area contributed by atoms with Gasteiger partial charge in [-0.3, -0.25) is 4.79 Å². The maximum absolute atomic E-state index is 13.0. The number of aromatic hydroxyl groups is 3. The molecule has 4 rings (SSSR count). The molecule has 1 fully saturated rings. The lowest BCUT2D eigenvalue weighted by molar-refractivity contribution is -0.277. The summed E-state index contributed by atoms with van der Waals surface area (Å²) in [7, 11) is 0. The molecule has 11 heteroatoms. The van der Waals surface area contributed by atoms with Crippen LogP contribution in [0.3, 0.4) is 0 Å². The number of ether oxygens (including phenoxy) is 2. The third kappa shape index (κ3) is 3.09. The summed E-state index contributed by atoms with van der Waals surface area (Å²) in [4.78, 5) is 13.0. The van der Waals surface area contributed by atoms with Crippen molar-refractivity contribution in [2.75, 3.05) is 6.61 Å². The molecule has 160 valence electrons. The van der Waals surface area contributed by atoms with Crippen molar-refractivity contribution in [3.05, 3.63) is 34.5 Å². The zero-order chi connectivity index (χ0) is 21.7. The number of hydrogen-bond acceptors (Lipinski definition) is 11. The number of phenolic OH excluding ortho intramolecular Hbond substituents is 3. The van der Waals surface area contributed by atoms with Gasteiger partial charge in [0.25, 0.3) is 0 Å². The van der Waals surface area contributed by atoms with Crippen molar-refractivity contribution in [1.29, 1.82) is 0 Å². The summed E-state index contributed by atoms with van der Waals surface area (Å²) in [5, 5.41) is 68.6. The van der Waals surface area contributed by atoms with E-state index >= 15 is 0 Å². The van der Waals surface area contributed by atoms with Gasteiger partial charge in [0.2, 0.25) is 11.7 Å². The van der Waals surface area contributed by atoms with E-state index in [4.69, 9.17) is 13.9 Å². The first-order chi connectivity index (χ1) is 14.2. The van der Waals surface area contributed by atoms with E-state index in [0.717, 1.165) is 18.2 Å². The van der Waals surface area contributed by atoms with Gasteiger partial charge < -0.3 is 49.6 Å². The molecule has 1 aliphatic rings. The lowest BCUT2D eigenvalue weighted by atomic mass is 9.99. The number of benzene rings is 2. The first-order valence-corrected chi connectivity index (χ1v) is 8.84.